The van der Waals surface area contributed by atoms with E-state index in [9.17, 15) is 14.7 Å². The summed E-state index contributed by atoms with van der Waals surface area (Å²) in [6, 6.07) is 0. The maximum atomic E-state index is 11.9. The first-order valence-electron chi connectivity index (χ1n) is 6.44. The maximum absolute atomic E-state index is 11.9. The first-order valence-corrected chi connectivity index (χ1v) is 6.44. The molecule has 1 aliphatic rings. The maximum Gasteiger partial charge on any atom is 0.408 e. The summed E-state index contributed by atoms with van der Waals surface area (Å²) >= 11 is 0. The molecular formula is C13H23NO5. The van der Waals surface area contributed by atoms with Gasteiger partial charge in [-0.15, -0.1) is 0 Å². The van der Waals surface area contributed by atoms with E-state index in [1.54, 1.807) is 20.8 Å². The van der Waals surface area contributed by atoms with E-state index < -0.39 is 29.5 Å². The van der Waals surface area contributed by atoms with Crippen LogP contribution in [0.15, 0.2) is 0 Å². The molecule has 2 N–H and O–H groups in total. The van der Waals surface area contributed by atoms with E-state index in [1.807, 2.05) is 13.8 Å². The number of amides is 1. The summed E-state index contributed by atoms with van der Waals surface area (Å²) in [5, 5.41) is 12.0. The average Bonchev–Trinajstić information content (AvgIpc) is 2.35. The van der Waals surface area contributed by atoms with Gasteiger partial charge in [-0.05, 0) is 33.1 Å². The number of aliphatic hydroxyl groups is 1. The van der Waals surface area contributed by atoms with Gasteiger partial charge in [-0.2, -0.15) is 0 Å². The van der Waals surface area contributed by atoms with Gasteiger partial charge in [0.25, 0.3) is 0 Å². The topological polar surface area (TPSA) is 84.9 Å². The quantitative estimate of drug-likeness (QED) is 0.762. The van der Waals surface area contributed by atoms with Crippen LogP contribution in [0.1, 0.15) is 47.5 Å². The number of rotatable bonds is 3. The Hall–Kier alpha value is -1.30. The second-order valence-electron chi connectivity index (χ2n) is 6.37. The van der Waals surface area contributed by atoms with E-state index in [2.05, 4.69) is 5.32 Å². The minimum atomic E-state index is -1.20. The van der Waals surface area contributed by atoms with Gasteiger partial charge in [-0.3, -0.25) is 0 Å². The van der Waals surface area contributed by atoms with Gasteiger partial charge in [-0.25, -0.2) is 9.59 Å². The molecule has 1 amide bonds. The number of hydrogen-bond acceptors (Lipinski definition) is 5. The van der Waals surface area contributed by atoms with Crippen LogP contribution >= 0.6 is 0 Å². The number of cyclic esters (lactones) is 1. The van der Waals surface area contributed by atoms with E-state index in [-0.39, 0.29) is 12.3 Å². The summed E-state index contributed by atoms with van der Waals surface area (Å²) in [7, 11) is 0. The lowest BCUT2D eigenvalue weighted by atomic mass is 9.87. The third-order valence-electron chi connectivity index (χ3n) is 2.65. The summed E-state index contributed by atoms with van der Waals surface area (Å²) in [6.07, 6.45) is -1.42. The second-order valence-corrected chi connectivity index (χ2v) is 6.37. The summed E-state index contributed by atoms with van der Waals surface area (Å²) < 4.78 is 9.91. The molecular weight excluding hydrogens is 250 g/mol. The van der Waals surface area contributed by atoms with Crippen LogP contribution in [0.2, 0.25) is 0 Å². The minimum Gasteiger partial charge on any atom is -0.444 e. The fourth-order valence-corrected chi connectivity index (χ4v) is 2.18. The minimum absolute atomic E-state index is 0.0449. The van der Waals surface area contributed by atoms with Crippen LogP contribution in [0.3, 0.4) is 0 Å². The fraction of sp³-hybridized carbons (Fsp3) is 0.846. The Morgan fingerprint density at radius 3 is 2.53 bits per heavy atom. The number of nitrogens with one attached hydrogen (secondary N) is 1. The number of esters is 1. The molecule has 0 aliphatic carbocycles. The van der Waals surface area contributed by atoms with E-state index in [0.717, 1.165) is 0 Å². The fourth-order valence-electron chi connectivity index (χ4n) is 2.18. The molecule has 6 heteroatoms. The molecule has 19 heavy (non-hydrogen) atoms. The predicted octanol–water partition coefficient (Wildman–Crippen LogP) is 1.56. The summed E-state index contributed by atoms with van der Waals surface area (Å²) in [4.78, 5) is 23.7. The van der Waals surface area contributed by atoms with Crippen molar-refractivity contribution in [3.63, 3.8) is 0 Å². The first-order chi connectivity index (χ1) is 8.54. The van der Waals surface area contributed by atoms with Crippen molar-refractivity contribution in [1.29, 1.82) is 0 Å². The summed E-state index contributed by atoms with van der Waals surface area (Å²) in [6.45, 7) is 9.07. The first kappa shape index (κ1) is 15.8. The molecule has 0 unspecified atom stereocenters. The van der Waals surface area contributed by atoms with Crippen LogP contribution in [0, 0.1) is 5.92 Å². The highest BCUT2D eigenvalue weighted by atomic mass is 16.6. The predicted molar refractivity (Wildman–Crippen MR) is 68.3 cm³/mol. The average molecular weight is 273 g/mol. The smallest absolute Gasteiger partial charge is 0.408 e. The molecule has 1 saturated heterocycles. The van der Waals surface area contributed by atoms with E-state index in [4.69, 9.17) is 9.47 Å². The van der Waals surface area contributed by atoms with E-state index >= 15 is 0 Å². The van der Waals surface area contributed by atoms with Gasteiger partial charge < -0.3 is 19.9 Å². The highest BCUT2D eigenvalue weighted by molar-refractivity contribution is 5.87. The lowest BCUT2D eigenvalue weighted by molar-refractivity contribution is -0.156. The van der Waals surface area contributed by atoms with Crippen molar-refractivity contribution in [1.82, 2.24) is 5.32 Å². The van der Waals surface area contributed by atoms with Crippen molar-refractivity contribution in [2.45, 2.75) is 64.9 Å². The van der Waals surface area contributed by atoms with Crippen molar-refractivity contribution in [3.8, 4) is 0 Å². The van der Waals surface area contributed by atoms with Crippen molar-refractivity contribution in [3.05, 3.63) is 0 Å². The Balaban J connectivity index is 2.82. The second kappa shape index (κ2) is 5.36. The molecule has 0 saturated carbocycles. The Kier molecular flexibility index (Phi) is 4.45. The van der Waals surface area contributed by atoms with Crippen molar-refractivity contribution >= 4 is 12.1 Å². The van der Waals surface area contributed by atoms with Crippen LogP contribution in [0.5, 0.6) is 0 Å². The van der Waals surface area contributed by atoms with E-state index in [0.29, 0.717) is 6.42 Å². The van der Waals surface area contributed by atoms with Gasteiger partial charge in [0.15, 0.2) is 0 Å². The van der Waals surface area contributed by atoms with Crippen LogP contribution in [-0.4, -0.2) is 34.6 Å². The molecule has 1 aliphatic heterocycles. The monoisotopic (exact) mass is 273 g/mol. The van der Waals surface area contributed by atoms with Crippen molar-refractivity contribution in [2.75, 3.05) is 0 Å². The molecule has 0 bridgehead atoms. The molecule has 110 valence electrons. The lowest BCUT2D eigenvalue weighted by Gasteiger charge is -2.29. The number of carbonyl (C=O) groups is 2. The van der Waals surface area contributed by atoms with Crippen molar-refractivity contribution in [2.24, 2.45) is 5.92 Å². The normalized spacial score (nSPS) is 27.3. The SMILES string of the molecule is CC(C)C[C@@]1(NC(=O)OC(C)(C)C)C[C@H](O)OC1=O. The molecule has 0 aromatic heterocycles. The molecule has 0 spiro atoms. The third-order valence-corrected chi connectivity index (χ3v) is 2.65. The van der Waals surface area contributed by atoms with Gasteiger partial charge in [0, 0.05) is 6.42 Å². The third kappa shape index (κ3) is 4.38. The molecule has 1 rings (SSSR count). The van der Waals surface area contributed by atoms with Gasteiger partial charge in [-0.1, -0.05) is 13.8 Å². The number of aliphatic hydroxyl groups excluding tert-OH is 1. The zero-order valence-corrected chi connectivity index (χ0v) is 12.1. The Bertz CT molecular complexity index is 361. The van der Waals surface area contributed by atoms with Gasteiger partial charge in [0.05, 0.1) is 0 Å². The van der Waals surface area contributed by atoms with Crippen molar-refractivity contribution < 1.29 is 24.2 Å². The molecule has 1 fully saturated rings. The summed E-state index contributed by atoms with van der Waals surface area (Å²) in [5.41, 5.74) is -1.85. The van der Waals surface area contributed by atoms with Crippen LogP contribution in [0.4, 0.5) is 4.79 Å². The Morgan fingerprint density at radius 2 is 2.16 bits per heavy atom. The zero-order valence-electron chi connectivity index (χ0n) is 12.1. The highest BCUT2D eigenvalue weighted by Gasteiger charge is 2.50. The number of hydrogen-bond donors (Lipinski definition) is 2. The molecule has 0 aromatic rings. The van der Waals surface area contributed by atoms with Crippen LogP contribution in [-0.2, 0) is 14.3 Å². The number of alkyl carbamates (subject to hydrolysis) is 1. The van der Waals surface area contributed by atoms with Gasteiger partial charge in [0.2, 0.25) is 6.29 Å². The number of ether oxygens (including phenoxy) is 2. The molecule has 0 aromatic carbocycles. The van der Waals surface area contributed by atoms with E-state index in [1.165, 1.54) is 0 Å². The standard InChI is InChI=1S/C13H23NO5/c1-8(2)6-13(7-9(15)18-10(13)16)14-11(17)19-12(3,4)5/h8-9,15H,6-7H2,1-5H3,(H,14,17)/t9-,13-/m1/s1. The number of carbonyl (C=O) groups excluding carboxylic acids is 2. The van der Waals surface area contributed by atoms with Crippen LogP contribution < -0.4 is 5.32 Å². The molecule has 0 radical (unpaired) electrons. The largest absolute Gasteiger partial charge is 0.444 e. The highest BCUT2D eigenvalue weighted by Crippen LogP contribution is 2.31. The zero-order chi connectivity index (χ0) is 14.8. The molecule has 1 heterocycles. The molecule has 6 nitrogen and oxygen atoms in total. The molecule has 2 atom stereocenters. The summed E-state index contributed by atoms with van der Waals surface area (Å²) in [5.74, 6) is -0.452. The van der Waals surface area contributed by atoms with Crippen LogP contribution in [0.25, 0.3) is 0 Å². The van der Waals surface area contributed by atoms with Gasteiger partial charge in [0.1, 0.15) is 11.1 Å². The Labute approximate surface area is 113 Å². The lowest BCUT2D eigenvalue weighted by Crippen LogP contribution is -2.54. The Morgan fingerprint density at radius 1 is 1.58 bits per heavy atom. The van der Waals surface area contributed by atoms with Gasteiger partial charge >= 0.3 is 12.1 Å².